The van der Waals surface area contributed by atoms with Crippen molar-refractivity contribution in [1.82, 2.24) is 72.6 Å². The minimum Gasteiger partial charge on any atom is -0.508 e. The van der Waals surface area contributed by atoms with Gasteiger partial charge in [0.25, 0.3) is 0 Å². The first kappa shape index (κ1) is 80.7. The van der Waals surface area contributed by atoms with Crippen molar-refractivity contribution >= 4 is 87.8 Å². The fourth-order valence-corrected chi connectivity index (χ4v) is 11.9. The number of carbonyl (C=O) groups excluding carboxylic acids is 11. The van der Waals surface area contributed by atoms with Gasteiger partial charge in [0.2, 0.25) is 65.0 Å². The largest absolute Gasteiger partial charge is 0.508 e. The van der Waals surface area contributed by atoms with Crippen LogP contribution in [0.2, 0.25) is 0 Å². The number of carboxylic acid groups (broad SMARTS) is 1. The Morgan fingerprint density at radius 3 is 1.67 bits per heavy atom. The number of para-hydroxylation sites is 1. The van der Waals surface area contributed by atoms with E-state index in [1.807, 2.05) is 24.3 Å². The van der Waals surface area contributed by atoms with E-state index in [2.05, 4.69) is 67.8 Å². The molecule has 23 N–H and O–H groups in total. The Balaban J connectivity index is 1.11. The van der Waals surface area contributed by atoms with Crippen molar-refractivity contribution < 1.29 is 88.2 Å². The van der Waals surface area contributed by atoms with Gasteiger partial charge in [-0.1, -0.05) is 58.0 Å². The van der Waals surface area contributed by atoms with Crippen molar-refractivity contribution in [3.05, 3.63) is 84.1 Å². The van der Waals surface area contributed by atoms with Gasteiger partial charge in [-0.2, -0.15) is 0 Å². The number of rotatable bonds is 38. The van der Waals surface area contributed by atoms with E-state index >= 15 is 0 Å². The number of likely N-dealkylation sites (tertiary alicyclic amines) is 2. The maximum atomic E-state index is 14.9. The zero-order valence-corrected chi connectivity index (χ0v) is 57.4. The molecule has 4 aromatic rings. The maximum absolute atomic E-state index is 14.9. The molecule has 2 aromatic carbocycles. The van der Waals surface area contributed by atoms with Crippen molar-refractivity contribution in [3.63, 3.8) is 0 Å². The van der Waals surface area contributed by atoms with Crippen LogP contribution in [0.4, 0.5) is 0 Å². The number of phenolic OH excluding ortho intramolecular Hbond substituents is 1. The van der Waals surface area contributed by atoms with Crippen LogP contribution in [0.3, 0.4) is 0 Å². The third-order valence-corrected chi connectivity index (χ3v) is 17.4. The average molecular weight is 1430 g/mol. The number of aromatic hydroxyl groups is 1. The summed E-state index contributed by atoms with van der Waals surface area (Å²) >= 11 is 0. The van der Waals surface area contributed by atoms with Crippen molar-refractivity contribution in [2.45, 2.75) is 177 Å². The number of amides is 11. The number of nitrogens with two attached hydrogens (primary N) is 3. The number of aliphatic hydroxyl groups excluding tert-OH is 4. The molecular formula is C66H96N18O18. The third kappa shape index (κ3) is 22.9. The molecule has 558 valence electrons. The molecule has 0 spiro atoms. The molecule has 36 nitrogen and oxygen atoms in total. The van der Waals surface area contributed by atoms with Gasteiger partial charge in [0.1, 0.15) is 72.2 Å². The maximum Gasteiger partial charge on any atom is 0.326 e. The number of hydrogen-bond acceptors (Lipinski definition) is 20. The number of carboxylic acids is 1. The number of carbonyl (C=O) groups is 12. The van der Waals surface area contributed by atoms with Gasteiger partial charge in [0, 0.05) is 61.5 Å². The van der Waals surface area contributed by atoms with E-state index in [1.165, 1.54) is 60.4 Å². The highest BCUT2D eigenvalue weighted by molar-refractivity contribution is 6.00. The summed E-state index contributed by atoms with van der Waals surface area (Å²) in [4.78, 5) is 183. The van der Waals surface area contributed by atoms with Crippen LogP contribution in [-0.2, 0) is 76.8 Å². The minimum atomic E-state index is -1.87. The molecule has 2 fully saturated rings. The number of aromatic amines is 2. The molecule has 0 radical (unpaired) electrons. The summed E-state index contributed by atoms with van der Waals surface area (Å²) in [5.74, 6) is -13.2. The van der Waals surface area contributed by atoms with Crippen molar-refractivity contribution in [1.29, 1.82) is 0 Å². The Morgan fingerprint density at radius 2 is 1.11 bits per heavy atom. The van der Waals surface area contributed by atoms with E-state index in [1.54, 1.807) is 20.0 Å². The van der Waals surface area contributed by atoms with Crippen LogP contribution in [0.1, 0.15) is 96.4 Å². The monoisotopic (exact) mass is 1430 g/mol. The molecule has 0 saturated carbocycles. The van der Waals surface area contributed by atoms with Gasteiger partial charge >= 0.3 is 5.97 Å². The molecule has 0 bridgehead atoms. The summed E-state index contributed by atoms with van der Waals surface area (Å²) in [6, 6.07) is -4.65. The lowest BCUT2D eigenvalue weighted by Crippen LogP contribution is -2.63. The first-order chi connectivity index (χ1) is 48.4. The highest BCUT2D eigenvalue weighted by Gasteiger charge is 2.43. The van der Waals surface area contributed by atoms with Crippen molar-refractivity contribution in [3.8, 4) is 5.75 Å². The predicted molar refractivity (Wildman–Crippen MR) is 366 cm³/mol. The zero-order valence-electron chi connectivity index (χ0n) is 57.4. The summed E-state index contributed by atoms with van der Waals surface area (Å²) in [6.07, 6.45) is 3.37. The molecule has 2 aliphatic heterocycles. The second-order valence-electron chi connectivity index (χ2n) is 26.1. The summed E-state index contributed by atoms with van der Waals surface area (Å²) in [5, 5.41) is 84.2. The van der Waals surface area contributed by atoms with Crippen molar-refractivity contribution in [2.24, 2.45) is 34.0 Å². The summed E-state index contributed by atoms with van der Waals surface area (Å²) < 4.78 is 0. The van der Waals surface area contributed by atoms with Gasteiger partial charge < -0.3 is 115 Å². The number of aliphatic imine (C=N–C) groups is 1. The number of aliphatic carboxylic acids is 1. The third-order valence-electron chi connectivity index (χ3n) is 17.4. The molecule has 36 heteroatoms. The number of aliphatic hydroxyl groups is 4. The number of nitrogens with one attached hydrogen (secondary N) is 11. The predicted octanol–water partition coefficient (Wildman–Crippen LogP) is -5.51. The van der Waals surface area contributed by atoms with E-state index in [0.717, 1.165) is 23.4 Å². The Kier molecular flexibility index (Phi) is 30.4. The molecular weight excluding hydrogens is 1330 g/mol. The molecule has 4 heterocycles. The zero-order chi connectivity index (χ0) is 75.1. The van der Waals surface area contributed by atoms with Crippen LogP contribution in [0, 0.1) is 11.8 Å². The Hall–Kier alpha value is -10.3. The first-order valence-corrected chi connectivity index (χ1v) is 33.6. The van der Waals surface area contributed by atoms with E-state index < -0.39 is 175 Å². The van der Waals surface area contributed by atoms with Crippen LogP contribution in [0.15, 0.2) is 72.2 Å². The molecule has 13 atom stereocenters. The SMILES string of the molecule is CC(C)C[C@H](NC(=O)[C@@H](NC(=O)[C@H](CO)NC(=O)[C@@H]1CCCN1C(=O)[C@H](Cc1ccc(O)cc1)NC(=O)[C@H](CCCN=C(N)N)NC(=O)[C@@H]1CCCN1C(=O)[C@@H](N)Cc1c[nH]c2ccccc12)[C@@H](C)O)C(=O)N[C@H](C(=O)N[C@@H](CO)C(=O)N[C@@H](CO)C(=O)N[C@@H](Cc1cnc[nH]1)C(=O)O)C(C)C. The van der Waals surface area contributed by atoms with Crippen LogP contribution >= 0.6 is 0 Å². The number of imidazole rings is 1. The standard InChI is InChI=1S/C66H96N18O18/c1-33(2)23-44(55(91)81-52(34(3)4)61(97)80-48(30-86)57(93)78-47(29-85)56(92)77-46(65(101)102)26-38-28-70-32-73-38)75-62(98)53(35(5)88)82-58(94)49(31-87)79-60(96)51-15-10-22-84(51)64(100)45(24-36-16-18-39(89)19-17-36)76-54(90)43(13-8-20-71-66(68)69)74-59(95)50-14-9-21-83(50)63(99)41(67)25-37-27-72-42-12-7-6-11-40(37)42/h6-7,11-12,16-19,27-28,32-35,41,43-53,72,85-89H,8-10,13-15,20-26,29-31,67H2,1-5H3,(H,70,73)(H,74,95)(H,75,98)(H,76,90)(H,77,92)(H,78,93)(H,79,96)(H,80,97)(H,81,91)(H,82,94)(H,101,102)(H4,68,69,71)/t35-,41+,43+,44+,45+,46+,47+,48+,49+,50+,51+,52+,53+/m1/s1. The van der Waals surface area contributed by atoms with E-state index in [9.17, 15) is 88.2 Å². The number of aromatic nitrogens is 3. The van der Waals surface area contributed by atoms with Crippen LogP contribution in [0.5, 0.6) is 5.75 Å². The van der Waals surface area contributed by atoms with Gasteiger partial charge in [-0.3, -0.25) is 57.7 Å². The number of hydrogen-bond donors (Lipinski definition) is 20. The lowest BCUT2D eigenvalue weighted by atomic mass is 9.99. The normalized spacial score (nSPS) is 17.6. The topological polar surface area (TPSA) is 576 Å². The van der Waals surface area contributed by atoms with Crippen LogP contribution in [-0.4, -0.2) is 250 Å². The number of phenols is 1. The Bertz CT molecular complexity index is 3580. The molecule has 102 heavy (non-hydrogen) atoms. The fourth-order valence-electron chi connectivity index (χ4n) is 11.9. The number of H-pyrrole nitrogens is 2. The fraction of sp³-hybridized carbons (Fsp3) is 0.545. The number of fused-ring (bicyclic) bond motifs is 1. The molecule has 2 aromatic heterocycles. The lowest BCUT2D eigenvalue weighted by Gasteiger charge is -2.31. The van der Waals surface area contributed by atoms with Gasteiger partial charge in [0.05, 0.1) is 38.3 Å². The Labute approximate surface area is 587 Å². The van der Waals surface area contributed by atoms with Gasteiger partial charge in [0.15, 0.2) is 5.96 Å². The molecule has 0 aliphatic carbocycles. The van der Waals surface area contributed by atoms with Crippen molar-refractivity contribution in [2.75, 3.05) is 39.5 Å². The summed E-state index contributed by atoms with van der Waals surface area (Å²) in [7, 11) is 0. The highest BCUT2D eigenvalue weighted by Crippen LogP contribution is 2.25. The number of benzene rings is 2. The second-order valence-corrected chi connectivity index (χ2v) is 26.1. The smallest absolute Gasteiger partial charge is 0.326 e. The van der Waals surface area contributed by atoms with E-state index in [-0.39, 0.29) is 95.0 Å². The van der Waals surface area contributed by atoms with E-state index in [4.69, 9.17) is 17.2 Å². The molecule has 0 unspecified atom stereocenters. The summed E-state index contributed by atoms with van der Waals surface area (Å²) in [5.41, 5.74) is 20.1. The quantitative estimate of drug-likeness (QED) is 0.0113. The first-order valence-electron chi connectivity index (χ1n) is 33.6. The highest BCUT2D eigenvalue weighted by atomic mass is 16.4. The van der Waals surface area contributed by atoms with Gasteiger partial charge in [-0.25, -0.2) is 9.78 Å². The Morgan fingerprint density at radius 1 is 0.598 bits per heavy atom. The number of guanidine groups is 1. The molecule has 11 amide bonds. The lowest BCUT2D eigenvalue weighted by molar-refractivity contribution is -0.143. The second kappa shape index (κ2) is 38.5. The van der Waals surface area contributed by atoms with Gasteiger partial charge in [-0.15, -0.1) is 0 Å². The molecule has 2 aliphatic rings. The minimum absolute atomic E-state index is 0.0230. The number of nitrogens with zero attached hydrogens (tertiary/aromatic N) is 4. The van der Waals surface area contributed by atoms with Crippen LogP contribution < -0.4 is 65.1 Å². The average Bonchev–Trinajstić information content (AvgIpc) is 1.65. The molecule has 6 rings (SSSR count). The molecule has 2 saturated heterocycles. The van der Waals surface area contributed by atoms with Gasteiger partial charge in [-0.05, 0) is 99.5 Å². The summed E-state index contributed by atoms with van der Waals surface area (Å²) in [6.45, 7) is 4.58. The van der Waals surface area contributed by atoms with E-state index in [0.29, 0.717) is 17.7 Å². The van der Waals surface area contributed by atoms with Crippen LogP contribution in [0.25, 0.3) is 10.9 Å².